The summed E-state index contributed by atoms with van der Waals surface area (Å²) in [5, 5.41) is 10.5. The van der Waals surface area contributed by atoms with Crippen LogP contribution in [0.5, 0.6) is 11.5 Å². The molecule has 1 unspecified atom stereocenters. The summed E-state index contributed by atoms with van der Waals surface area (Å²) in [5.41, 5.74) is 2.05. The van der Waals surface area contributed by atoms with Crippen molar-refractivity contribution in [3.63, 3.8) is 0 Å². The van der Waals surface area contributed by atoms with E-state index in [0.29, 0.717) is 28.3 Å². The number of hydrogen-bond acceptors (Lipinski definition) is 7. The van der Waals surface area contributed by atoms with E-state index in [2.05, 4.69) is 9.97 Å². The lowest BCUT2D eigenvalue weighted by Gasteiger charge is -2.33. The van der Waals surface area contributed by atoms with E-state index in [1.54, 1.807) is 6.20 Å². The van der Waals surface area contributed by atoms with Crippen LogP contribution in [0.1, 0.15) is 38.2 Å². The SMILES string of the molecule is CSc1nccc(-n2c(-c3ccc4c(c3)OCO4)nc3c2CN(C(=O)O)C3C(C)(C)C)n1. The molecule has 1 amide bonds. The van der Waals surface area contributed by atoms with Crippen LogP contribution >= 0.6 is 11.8 Å². The average Bonchev–Trinajstić information content (AvgIpc) is 3.45. The first-order chi connectivity index (χ1) is 15.3. The second-order valence-electron chi connectivity index (χ2n) is 8.75. The van der Waals surface area contributed by atoms with Crippen molar-refractivity contribution in [2.24, 2.45) is 5.41 Å². The smallest absolute Gasteiger partial charge is 0.408 e. The number of imidazole rings is 1. The molecule has 166 valence electrons. The standard InChI is InChI=1S/C22H23N5O4S/c1-22(2,3)18-17-13(10-26(18)21(28)29)27(16-7-8-23-20(24-16)32-4)19(25-17)12-5-6-14-15(9-12)31-11-30-14/h5-9,18H,10-11H2,1-4H3,(H,28,29). The third-order valence-electron chi connectivity index (χ3n) is 5.62. The zero-order valence-corrected chi connectivity index (χ0v) is 19.0. The Bertz CT molecular complexity index is 1220. The zero-order valence-electron chi connectivity index (χ0n) is 18.2. The van der Waals surface area contributed by atoms with Crippen LogP contribution in [0.2, 0.25) is 0 Å². The summed E-state index contributed by atoms with van der Waals surface area (Å²) in [6.45, 7) is 6.49. The van der Waals surface area contributed by atoms with Gasteiger partial charge in [-0.15, -0.1) is 0 Å². The Morgan fingerprint density at radius 1 is 1.19 bits per heavy atom. The molecule has 9 nitrogen and oxygen atoms in total. The predicted molar refractivity (Wildman–Crippen MR) is 118 cm³/mol. The Balaban J connectivity index is 1.75. The molecule has 0 saturated carbocycles. The van der Waals surface area contributed by atoms with Gasteiger partial charge in [0.25, 0.3) is 0 Å². The number of amides is 1. The normalized spacial score (nSPS) is 17.0. The number of rotatable bonds is 3. The van der Waals surface area contributed by atoms with Crippen molar-refractivity contribution in [2.45, 2.75) is 38.5 Å². The summed E-state index contributed by atoms with van der Waals surface area (Å²) >= 11 is 1.44. The highest BCUT2D eigenvalue weighted by atomic mass is 32.2. The molecule has 1 atom stereocenters. The maximum atomic E-state index is 12.1. The molecule has 4 heterocycles. The van der Waals surface area contributed by atoms with Gasteiger partial charge in [-0.2, -0.15) is 0 Å². The van der Waals surface area contributed by atoms with Gasteiger partial charge in [0, 0.05) is 11.8 Å². The van der Waals surface area contributed by atoms with Crippen molar-refractivity contribution in [3.8, 4) is 28.7 Å². The maximum Gasteiger partial charge on any atom is 0.408 e. The Labute approximate surface area is 189 Å². The molecule has 1 aromatic carbocycles. The Kier molecular flexibility index (Phi) is 4.77. The fraction of sp³-hybridized carbons (Fsp3) is 0.364. The molecule has 32 heavy (non-hydrogen) atoms. The third-order valence-corrected chi connectivity index (χ3v) is 6.18. The maximum absolute atomic E-state index is 12.1. The van der Waals surface area contributed by atoms with Gasteiger partial charge >= 0.3 is 6.09 Å². The van der Waals surface area contributed by atoms with Crippen LogP contribution in [0, 0.1) is 5.41 Å². The lowest BCUT2D eigenvalue weighted by molar-refractivity contribution is 0.0880. The van der Waals surface area contributed by atoms with Gasteiger partial charge in [-0.3, -0.25) is 9.47 Å². The van der Waals surface area contributed by atoms with E-state index in [1.165, 1.54) is 16.7 Å². The van der Waals surface area contributed by atoms with E-state index in [4.69, 9.17) is 14.5 Å². The fourth-order valence-corrected chi connectivity index (χ4v) is 4.68. The van der Waals surface area contributed by atoms with E-state index >= 15 is 0 Å². The van der Waals surface area contributed by atoms with Crippen molar-refractivity contribution < 1.29 is 19.4 Å². The molecule has 10 heteroatoms. The van der Waals surface area contributed by atoms with Crippen molar-refractivity contribution >= 4 is 17.9 Å². The summed E-state index contributed by atoms with van der Waals surface area (Å²) in [7, 11) is 0. The molecule has 5 rings (SSSR count). The number of nitrogens with zero attached hydrogens (tertiary/aromatic N) is 5. The minimum atomic E-state index is -0.966. The number of ether oxygens (including phenoxy) is 2. The molecular formula is C22H23N5O4S. The first-order valence-corrected chi connectivity index (χ1v) is 11.4. The van der Waals surface area contributed by atoms with Gasteiger partial charge in [0.2, 0.25) is 6.79 Å². The molecule has 2 aliphatic rings. The van der Waals surface area contributed by atoms with E-state index in [1.807, 2.05) is 55.9 Å². The second kappa shape index (κ2) is 7.40. The van der Waals surface area contributed by atoms with Gasteiger partial charge in [-0.1, -0.05) is 32.5 Å². The van der Waals surface area contributed by atoms with Crippen LogP contribution in [0.15, 0.2) is 35.6 Å². The quantitative estimate of drug-likeness (QED) is 0.461. The predicted octanol–water partition coefficient (Wildman–Crippen LogP) is 4.36. The number of carbonyl (C=O) groups is 1. The topological polar surface area (TPSA) is 103 Å². The number of benzene rings is 1. The van der Waals surface area contributed by atoms with Crippen LogP contribution in [0.3, 0.4) is 0 Å². The van der Waals surface area contributed by atoms with Crippen molar-refractivity contribution in [2.75, 3.05) is 13.0 Å². The highest BCUT2D eigenvalue weighted by Crippen LogP contribution is 2.47. The highest BCUT2D eigenvalue weighted by molar-refractivity contribution is 7.98. The number of hydrogen-bond donors (Lipinski definition) is 1. The van der Waals surface area contributed by atoms with E-state index in [0.717, 1.165) is 17.0 Å². The fourth-order valence-electron chi connectivity index (χ4n) is 4.33. The molecule has 0 bridgehead atoms. The van der Waals surface area contributed by atoms with Gasteiger partial charge in [0.05, 0.1) is 24.0 Å². The third kappa shape index (κ3) is 3.26. The number of aromatic nitrogens is 4. The van der Waals surface area contributed by atoms with Crippen LogP contribution in [0.25, 0.3) is 17.2 Å². The minimum absolute atomic E-state index is 0.187. The molecule has 0 radical (unpaired) electrons. The van der Waals surface area contributed by atoms with Gasteiger partial charge in [-0.05, 0) is 35.9 Å². The lowest BCUT2D eigenvalue weighted by atomic mass is 9.85. The van der Waals surface area contributed by atoms with Crippen molar-refractivity contribution in [1.29, 1.82) is 0 Å². The Hall–Kier alpha value is -3.27. The van der Waals surface area contributed by atoms with Gasteiger partial charge < -0.3 is 14.6 Å². The van der Waals surface area contributed by atoms with Crippen molar-refractivity contribution in [3.05, 3.63) is 41.9 Å². The van der Waals surface area contributed by atoms with Gasteiger partial charge in [-0.25, -0.2) is 19.7 Å². The highest BCUT2D eigenvalue weighted by Gasteiger charge is 2.45. The van der Waals surface area contributed by atoms with E-state index < -0.39 is 6.09 Å². The Morgan fingerprint density at radius 2 is 1.97 bits per heavy atom. The first-order valence-electron chi connectivity index (χ1n) is 10.2. The van der Waals surface area contributed by atoms with Crippen LogP contribution in [-0.4, -0.2) is 48.7 Å². The zero-order chi connectivity index (χ0) is 22.6. The summed E-state index contributed by atoms with van der Waals surface area (Å²) in [4.78, 5) is 27.5. The van der Waals surface area contributed by atoms with Crippen LogP contribution < -0.4 is 9.47 Å². The van der Waals surface area contributed by atoms with Crippen LogP contribution in [0.4, 0.5) is 4.79 Å². The molecule has 0 fully saturated rings. The van der Waals surface area contributed by atoms with E-state index in [9.17, 15) is 9.90 Å². The number of thioether (sulfide) groups is 1. The largest absolute Gasteiger partial charge is 0.465 e. The molecular weight excluding hydrogens is 430 g/mol. The van der Waals surface area contributed by atoms with Crippen LogP contribution in [-0.2, 0) is 6.54 Å². The Morgan fingerprint density at radius 3 is 2.69 bits per heavy atom. The summed E-state index contributed by atoms with van der Waals surface area (Å²) < 4.78 is 13.0. The molecule has 0 saturated heterocycles. The summed E-state index contributed by atoms with van der Waals surface area (Å²) in [5.74, 6) is 2.67. The van der Waals surface area contributed by atoms with Crippen molar-refractivity contribution in [1.82, 2.24) is 24.4 Å². The van der Waals surface area contributed by atoms with E-state index in [-0.39, 0.29) is 24.8 Å². The molecule has 2 aliphatic heterocycles. The molecule has 0 spiro atoms. The summed E-state index contributed by atoms with van der Waals surface area (Å²) in [6, 6.07) is 7.12. The summed E-state index contributed by atoms with van der Waals surface area (Å²) in [6.07, 6.45) is 2.65. The van der Waals surface area contributed by atoms with Gasteiger partial charge in [0.15, 0.2) is 16.7 Å². The number of fused-ring (bicyclic) bond motifs is 2. The average molecular weight is 454 g/mol. The monoisotopic (exact) mass is 453 g/mol. The first kappa shape index (κ1) is 20.6. The second-order valence-corrected chi connectivity index (χ2v) is 9.52. The molecule has 2 aromatic heterocycles. The molecule has 1 N–H and O–H groups in total. The molecule has 0 aliphatic carbocycles. The number of carboxylic acid groups (broad SMARTS) is 1. The minimum Gasteiger partial charge on any atom is -0.465 e. The lowest BCUT2D eigenvalue weighted by Crippen LogP contribution is -2.36. The van der Waals surface area contributed by atoms with Gasteiger partial charge in [0.1, 0.15) is 11.6 Å². The molecule has 3 aromatic rings.